The molecule has 0 aliphatic rings. The molecule has 0 fully saturated rings. The zero-order chi connectivity index (χ0) is 18.7. The van der Waals surface area contributed by atoms with E-state index in [1.165, 1.54) is 0 Å². The Hall–Kier alpha value is -2.34. The van der Waals surface area contributed by atoms with Gasteiger partial charge in [-0.2, -0.15) is 5.10 Å². The topological polar surface area (TPSA) is 53.4 Å². The maximum absolute atomic E-state index is 11.8. The predicted molar refractivity (Wildman–Crippen MR) is 104 cm³/mol. The number of halogens is 1. The maximum atomic E-state index is 11.8. The smallest absolute Gasteiger partial charge is 0.310 e. The third kappa shape index (κ3) is 4.07. The molecule has 0 bridgehead atoms. The van der Waals surface area contributed by atoms with Crippen LogP contribution in [0, 0.1) is 6.92 Å². The number of hydrogen-bond donors (Lipinski definition) is 0. The van der Waals surface area contributed by atoms with Crippen molar-refractivity contribution in [1.82, 2.24) is 9.78 Å². The minimum absolute atomic E-state index is 0.192. The Bertz CT molecular complexity index is 950. The first-order valence-electron chi connectivity index (χ1n) is 8.47. The fourth-order valence-corrected chi connectivity index (χ4v) is 3.23. The second-order valence-electron chi connectivity index (χ2n) is 6.11. The molecule has 2 aromatic carbocycles. The normalized spacial score (nSPS) is 10.9. The Labute approximate surface area is 161 Å². The standard InChI is InChI=1S/C20H21BrN2O3/c1-4-25-20(24)10-14-6-5-13(2)9-19(14)26-12-17-16-11-15(21)7-8-18(16)23(3)22-17/h5-9,11H,4,10,12H2,1-3H3. The predicted octanol–water partition coefficient (Wildman–Crippen LogP) is 4.33. The molecule has 0 atom stereocenters. The summed E-state index contributed by atoms with van der Waals surface area (Å²) in [5.41, 5.74) is 3.78. The molecule has 0 N–H and O–H groups in total. The van der Waals surface area contributed by atoms with Crippen LogP contribution in [0.25, 0.3) is 10.9 Å². The number of rotatable bonds is 6. The van der Waals surface area contributed by atoms with Crippen LogP contribution < -0.4 is 4.74 Å². The van der Waals surface area contributed by atoms with E-state index in [9.17, 15) is 4.79 Å². The van der Waals surface area contributed by atoms with Crippen molar-refractivity contribution in [2.75, 3.05) is 6.61 Å². The quantitative estimate of drug-likeness (QED) is 0.561. The van der Waals surface area contributed by atoms with Gasteiger partial charge in [0.1, 0.15) is 18.1 Å². The fourth-order valence-electron chi connectivity index (χ4n) is 2.87. The van der Waals surface area contributed by atoms with Crippen LogP contribution in [0.4, 0.5) is 0 Å². The lowest BCUT2D eigenvalue weighted by Gasteiger charge is -2.11. The van der Waals surface area contributed by atoms with Crippen LogP contribution in [0.1, 0.15) is 23.7 Å². The third-order valence-corrected chi connectivity index (χ3v) is 4.61. The number of nitrogens with zero attached hydrogens (tertiary/aromatic N) is 2. The first kappa shape index (κ1) is 18.5. The highest BCUT2D eigenvalue weighted by Crippen LogP contribution is 2.26. The van der Waals surface area contributed by atoms with Gasteiger partial charge in [0.2, 0.25) is 0 Å². The molecular weight excluding hydrogens is 396 g/mol. The van der Waals surface area contributed by atoms with Crippen molar-refractivity contribution in [2.45, 2.75) is 26.9 Å². The van der Waals surface area contributed by atoms with Crippen LogP contribution in [0.2, 0.25) is 0 Å². The zero-order valence-corrected chi connectivity index (χ0v) is 16.7. The average Bonchev–Trinajstić information content (AvgIpc) is 2.90. The zero-order valence-electron chi connectivity index (χ0n) is 15.1. The van der Waals surface area contributed by atoms with Gasteiger partial charge in [-0.3, -0.25) is 9.48 Å². The van der Waals surface area contributed by atoms with Gasteiger partial charge in [0, 0.05) is 22.5 Å². The van der Waals surface area contributed by atoms with Crippen LogP contribution in [0.3, 0.4) is 0 Å². The van der Waals surface area contributed by atoms with Gasteiger partial charge in [0.05, 0.1) is 18.5 Å². The highest BCUT2D eigenvalue weighted by Gasteiger charge is 2.13. The summed E-state index contributed by atoms with van der Waals surface area (Å²) in [5.74, 6) is 0.431. The lowest BCUT2D eigenvalue weighted by molar-refractivity contribution is -0.142. The Morgan fingerprint density at radius 1 is 1.23 bits per heavy atom. The monoisotopic (exact) mass is 416 g/mol. The first-order chi connectivity index (χ1) is 12.5. The third-order valence-electron chi connectivity index (χ3n) is 4.12. The Balaban J connectivity index is 1.84. The summed E-state index contributed by atoms with van der Waals surface area (Å²) in [6, 6.07) is 11.9. The fraction of sp³-hybridized carbons (Fsp3) is 0.300. The van der Waals surface area contributed by atoms with E-state index in [4.69, 9.17) is 9.47 Å². The molecule has 3 aromatic rings. The van der Waals surface area contributed by atoms with E-state index < -0.39 is 0 Å². The number of esters is 1. The Morgan fingerprint density at radius 3 is 2.81 bits per heavy atom. The lowest BCUT2D eigenvalue weighted by atomic mass is 10.1. The lowest BCUT2D eigenvalue weighted by Crippen LogP contribution is -2.09. The summed E-state index contributed by atoms with van der Waals surface area (Å²) in [6.07, 6.45) is 0.192. The molecule has 1 aromatic heterocycles. The Morgan fingerprint density at radius 2 is 2.04 bits per heavy atom. The molecule has 0 aliphatic heterocycles. The summed E-state index contributed by atoms with van der Waals surface area (Å²) >= 11 is 3.51. The number of carbonyl (C=O) groups excluding carboxylic acids is 1. The molecule has 0 radical (unpaired) electrons. The van der Waals surface area contributed by atoms with Crippen LogP contribution in [-0.2, 0) is 29.6 Å². The minimum atomic E-state index is -0.256. The van der Waals surface area contributed by atoms with E-state index in [1.54, 1.807) is 6.92 Å². The van der Waals surface area contributed by atoms with Gasteiger partial charge in [-0.1, -0.05) is 28.1 Å². The number of fused-ring (bicyclic) bond motifs is 1. The summed E-state index contributed by atoms with van der Waals surface area (Å²) in [6.45, 7) is 4.49. The molecule has 3 rings (SSSR count). The summed E-state index contributed by atoms with van der Waals surface area (Å²) in [7, 11) is 1.92. The number of aryl methyl sites for hydroxylation is 2. The van der Waals surface area contributed by atoms with Crippen molar-refractivity contribution in [3.63, 3.8) is 0 Å². The number of ether oxygens (including phenoxy) is 2. The van der Waals surface area contributed by atoms with Gasteiger partial charge in [-0.25, -0.2) is 0 Å². The van der Waals surface area contributed by atoms with Crippen molar-refractivity contribution >= 4 is 32.8 Å². The van der Waals surface area contributed by atoms with Gasteiger partial charge in [-0.15, -0.1) is 0 Å². The Kier molecular flexibility index (Phi) is 5.61. The van der Waals surface area contributed by atoms with E-state index in [0.29, 0.717) is 19.0 Å². The number of carbonyl (C=O) groups is 1. The van der Waals surface area contributed by atoms with Crippen LogP contribution >= 0.6 is 15.9 Å². The molecule has 136 valence electrons. The molecule has 1 heterocycles. The van der Waals surface area contributed by atoms with E-state index >= 15 is 0 Å². The molecular formula is C20H21BrN2O3. The van der Waals surface area contributed by atoms with Crippen LogP contribution in [-0.4, -0.2) is 22.4 Å². The summed E-state index contributed by atoms with van der Waals surface area (Å²) in [5, 5.41) is 5.61. The number of aromatic nitrogens is 2. The molecule has 0 saturated carbocycles. The van der Waals surface area contributed by atoms with E-state index in [0.717, 1.165) is 32.2 Å². The molecule has 26 heavy (non-hydrogen) atoms. The van der Waals surface area contributed by atoms with Gasteiger partial charge < -0.3 is 9.47 Å². The second kappa shape index (κ2) is 7.91. The van der Waals surface area contributed by atoms with Crippen molar-refractivity contribution in [2.24, 2.45) is 7.05 Å². The van der Waals surface area contributed by atoms with Crippen molar-refractivity contribution < 1.29 is 14.3 Å². The van der Waals surface area contributed by atoms with Crippen molar-refractivity contribution in [3.8, 4) is 5.75 Å². The minimum Gasteiger partial charge on any atom is -0.487 e. The van der Waals surface area contributed by atoms with Gasteiger partial charge in [0.15, 0.2) is 0 Å². The maximum Gasteiger partial charge on any atom is 0.310 e. The largest absolute Gasteiger partial charge is 0.487 e. The van der Waals surface area contributed by atoms with Crippen LogP contribution in [0.15, 0.2) is 40.9 Å². The van der Waals surface area contributed by atoms with E-state index in [1.807, 2.05) is 55.1 Å². The number of benzene rings is 2. The molecule has 0 saturated heterocycles. The van der Waals surface area contributed by atoms with Crippen LogP contribution in [0.5, 0.6) is 5.75 Å². The molecule has 0 spiro atoms. The highest BCUT2D eigenvalue weighted by atomic mass is 79.9. The molecule has 5 nitrogen and oxygen atoms in total. The average molecular weight is 417 g/mol. The molecule has 0 aliphatic carbocycles. The van der Waals surface area contributed by atoms with E-state index in [-0.39, 0.29) is 12.4 Å². The SMILES string of the molecule is CCOC(=O)Cc1ccc(C)cc1OCc1nn(C)c2ccc(Br)cc12. The highest BCUT2D eigenvalue weighted by molar-refractivity contribution is 9.10. The first-order valence-corrected chi connectivity index (χ1v) is 9.26. The molecule has 0 unspecified atom stereocenters. The van der Waals surface area contributed by atoms with Crippen molar-refractivity contribution in [3.05, 3.63) is 57.7 Å². The molecule has 6 heteroatoms. The van der Waals surface area contributed by atoms with Gasteiger partial charge >= 0.3 is 5.97 Å². The van der Waals surface area contributed by atoms with E-state index in [2.05, 4.69) is 21.0 Å². The second-order valence-corrected chi connectivity index (χ2v) is 7.03. The number of hydrogen-bond acceptors (Lipinski definition) is 4. The van der Waals surface area contributed by atoms with Gasteiger partial charge in [-0.05, 0) is 43.7 Å². The molecule has 0 amide bonds. The summed E-state index contributed by atoms with van der Waals surface area (Å²) in [4.78, 5) is 11.8. The van der Waals surface area contributed by atoms with Gasteiger partial charge in [0.25, 0.3) is 0 Å². The summed E-state index contributed by atoms with van der Waals surface area (Å²) < 4.78 is 13.9. The van der Waals surface area contributed by atoms with Crippen molar-refractivity contribution in [1.29, 1.82) is 0 Å².